The summed E-state index contributed by atoms with van der Waals surface area (Å²) in [4.78, 5) is 45.4. The number of rotatable bonds is 3. The Morgan fingerprint density at radius 3 is 2.44 bits per heavy atom. The normalized spacial score (nSPS) is 12.7. The van der Waals surface area contributed by atoms with Crippen LogP contribution in [0.15, 0.2) is 53.6 Å². The lowest BCUT2D eigenvalue weighted by Crippen LogP contribution is -2.19. The lowest BCUT2D eigenvalue weighted by molar-refractivity contribution is 0.0879. The maximum absolute atomic E-state index is 13.1. The molecule has 2 aromatic carbocycles. The molecule has 0 aliphatic carbocycles. The summed E-state index contributed by atoms with van der Waals surface area (Å²) in [6, 6.07) is 9.78. The third-order valence-corrected chi connectivity index (χ3v) is 5.77. The second-order valence-corrected chi connectivity index (χ2v) is 7.99. The summed E-state index contributed by atoms with van der Waals surface area (Å²) < 4.78 is 1.69. The van der Waals surface area contributed by atoms with Gasteiger partial charge in [-0.15, -0.1) is 0 Å². The molecule has 0 radical (unpaired) electrons. The van der Waals surface area contributed by atoms with Gasteiger partial charge in [0.15, 0.2) is 0 Å². The first kappa shape index (κ1) is 20.2. The smallest absolute Gasteiger partial charge is 0.259 e. The number of aryl methyl sites for hydroxylation is 1. The highest BCUT2D eigenvalue weighted by Gasteiger charge is 2.26. The number of hydrogen-bond donors (Lipinski definition) is 2. The Bertz CT molecular complexity index is 1510. The van der Waals surface area contributed by atoms with Crippen LogP contribution in [0.25, 0.3) is 22.2 Å². The summed E-state index contributed by atoms with van der Waals surface area (Å²) in [5, 5.41) is 6.28. The maximum Gasteiger partial charge on any atom is 0.259 e. The molecule has 4 aromatic rings. The number of carbonyl (C=O) groups excluding carboxylic acids is 2. The Labute approximate surface area is 190 Å². The van der Waals surface area contributed by atoms with Crippen LogP contribution in [0.5, 0.6) is 0 Å². The van der Waals surface area contributed by atoms with Crippen LogP contribution >= 0.6 is 23.2 Å². The van der Waals surface area contributed by atoms with Gasteiger partial charge in [-0.05, 0) is 30.3 Å². The van der Waals surface area contributed by atoms with E-state index in [1.807, 2.05) is 0 Å². The van der Waals surface area contributed by atoms with E-state index >= 15 is 0 Å². The average molecular weight is 466 g/mol. The van der Waals surface area contributed by atoms with Gasteiger partial charge in [0.1, 0.15) is 5.65 Å². The molecule has 0 spiro atoms. The Morgan fingerprint density at radius 2 is 1.69 bits per heavy atom. The molecule has 10 heteroatoms. The van der Waals surface area contributed by atoms with Gasteiger partial charge < -0.3 is 9.88 Å². The first-order valence-corrected chi connectivity index (χ1v) is 10.2. The van der Waals surface area contributed by atoms with Crippen molar-refractivity contribution in [2.24, 2.45) is 7.05 Å². The number of benzene rings is 2. The van der Waals surface area contributed by atoms with Gasteiger partial charge in [-0.25, -0.2) is 4.98 Å². The highest BCUT2D eigenvalue weighted by molar-refractivity contribution is 6.39. The van der Waals surface area contributed by atoms with Crippen molar-refractivity contribution in [3.8, 4) is 11.1 Å². The van der Waals surface area contributed by atoms with Crippen LogP contribution in [0.3, 0.4) is 0 Å². The standard InChI is InChI=1S/C22H13Cl2N5O3/c1-29-9-14(17-15(23)3-2-4-16(17)24)18(30)13-8-25-22(27-19(13)29)26-10-5-6-11-12(7-10)21(32)28-20(11)31/h2-9H,1H3,(H,25,26,27)(H,28,31,32). The Kier molecular flexibility index (Phi) is 4.69. The number of carbonyl (C=O) groups is 2. The molecule has 0 saturated heterocycles. The monoisotopic (exact) mass is 465 g/mol. The van der Waals surface area contributed by atoms with Gasteiger partial charge in [0.05, 0.1) is 26.6 Å². The number of halogens is 2. The van der Waals surface area contributed by atoms with Gasteiger partial charge >= 0.3 is 0 Å². The molecule has 0 unspecified atom stereocenters. The molecule has 1 aliphatic rings. The summed E-state index contributed by atoms with van der Waals surface area (Å²) in [6.45, 7) is 0. The average Bonchev–Trinajstić information content (AvgIpc) is 3.04. The van der Waals surface area contributed by atoms with Crippen molar-refractivity contribution in [3.63, 3.8) is 0 Å². The first-order chi connectivity index (χ1) is 15.3. The fraction of sp³-hybridized carbons (Fsp3) is 0.0455. The number of nitrogens with one attached hydrogen (secondary N) is 2. The SMILES string of the molecule is Cn1cc(-c2c(Cl)cccc2Cl)c(=O)c2cnc(Nc3ccc4c(c3)C(=O)NC4=O)nc21. The number of hydrogen-bond acceptors (Lipinski definition) is 6. The maximum atomic E-state index is 13.1. The molecule has 32 heavy (non-hydrogen) atoms. The number of nitrogens with zero attached hydrogens (tertiary/aromatic N) is 3. The van der Waals surface area contributed by atoms with E-state index in [2.05, 4.69) is 20.6 Å². The number of imide groups is 1. The van der Waals surface area contributed by atoms with Crippen molar-refractivity contribution in [1.82, 2.24) is 19.9 Å². The molecule has 2 N–H and O–H groups in total. The van der Waals surface area contributed by atoms with Gasteiger partial charge in [-0.2, -0.15) is 4.98 Å². The van der Waals surface area contributed by atoms with E-state index in [0.717, 1.165) is 0 Å². The van der Waals surface area contributed by atoms with E-state index in [4.69, 9.17) is 23.2 Å². The minimum Gasteiger partial charge on any atom is -0.335 e. The van der Waals surface area contributed by atoms with Gasteiger partial charge in [-0.3, -0.25) is 19.7 Å². The molecule has 3 heterocycles. The van der Waals surface area contributed by atoms with Crippen LogP contribution in [-0.2, 0) is 7.05 Å². The number of anilines is 2. The fourth-order valence-corrected chi connectivity index (χ4v) is 4.23. The van der Waals surface area contributed by atoms with Crippen molar-refractivity contribution >= 4 is 57.7 Å². The molecule has 0 atom stereocenters. The van der Waals surface area contributed by atoms with Crippen molar-refractivity contribution in [3.05, 3.63) is 80.2 Å². The first-order valence-electron chi connectivity index (χ1n) is 9.41. The van der Waals surface area contributed by atoms with Crippen LogP contribution in [0.1, 0.15) is 20.7 Å². The summed E-state index contributed by atoms with van der Waals surface area (Å²) in [6.07, 6.45) is 3.05. The van der Waals surface area contributed by atoms with Gasteiger partial charge in [0.2, 0.25) is 11.4 Å². The van der Waals surface area contributed by atoms with E-state index in [0.29, 0.717) is 43.5 Å². The summed E-state index contributed by atoms with van der Waals surface area (Å²) in [5.41, 5.74) is 2.00. The molecular formula is C22H13Cl2N5O3. The number of pyridine rings is 1. The largest absolute Gasteiger partial charge is 0.335 e. The fourth-order valence-electron chi connectivity index (χ4n) is 3.63. The lowest BCUT2D eigenvalue weighted by Gasteiger charge is -2.12. The minimum absolute atomic E-state index is 0.223. The van der Waals surface area contributed by atoms with Crippen LogP contribution < -0.4 is 16.1 Å². The molecule has 0 fully saturated rings. The number of amides is 2. The molecule has 1 aliphatic heterocycles. The molecule has 8 nitrogen and oxygen atoms in total. The molecule has 5 rings (SSSR count). The van der Waals surface area contributed by atoms with Gasteiger partial charge in [0.25, 0.3) is 11.8 Å². The minimum atomic E-state index is -0.457. The molecule has 0 bridgehead atoms. The third kappa shape index (κ3) is 3.21. The Balaban J connectivity index is 1.57. The number of aromatic nitrogens is 3. The zero-order chi connectivity index (χ0) is 22.6. The van der Waals surface area contributed by atoms with Crippen molar-refractivity contribution in [2.45, 2.75) is 0 Å². The quantitative estimate of drug-likeness (QED) is 0.444. The molecule has 2 amide bonds. The Hall–Kier alpha value is -3.75. The van der Waals surface area contributed by atoms with Gasteiger partial charge in [0, 0.05) is 36.3 Å². The van der Waals surface area contributed by atoms with E-state index in [-0.39, 0.29) is 16.9 Å². The highest BCUT2D eigenvalue weighted by atomic mass is 35.5. The van der Waals surface area contributed by atoms with Crippen molar-refractivity contribution < 1.29 is 9.59 Å². The summed E-state index contributed by atoms with van der Waals surface area (Å²) >= 11 is 12.6. The second-order valence-electron chi connectivity index (χ2n) is 7.18. The van der Waals surface area contributed by atoms with E-state index < -0.39 is 11.8 Å². The second kappa shape index (κ2) is 7.44. The topological polar surface area (TPSA) is 106 Å². The molecule has 2 aromatic heterocycles. The van der Waals surface area contributed by atoms with Crippen molar-refractivity contribution in [1.29, 1.82) is 0 Å². The highest BCUT2D eigenvalue weighted by Crippen LogP contribution is 2.33. The summed E-state index contributed by atoms with van der Waals surface area (Å²) in [5.74, 6) is -0.662. The van der Waals surface area contributed by atoms with Crippen LogP contribution in [-0.4, -0.2) is 26.3 Å². The lowest BCUT2D eigenvalue weighted by atomic mass is 10.1. The summed E-state index contributed by atoms with van der Waals surface area (Å²) in [7, 11) is 1.75. The van der Waals surface area contributed by atoms with Crippen LogP contribution in [0.4, 0.5) is 11.6 Å². The molecular weight excluding hydrogens is 453 g/mol. The predicted molar refractivity (Wildman–Crippen MR) is 122 cm³/mol. The molecule has 0 saturated carbocycles. The van der Waals surface area contributed by atoms with Crippen molar-refractivity contribution in [2.75, 3.05) is 5.32 Å². The predicted octanol–water partition coefficient (Wildman–Crippen LogP) is 3.93. The van der Waals surface area contributed by atoms with E-state index in [1.165, 1.54) is 6.20 Å². The third-order valence-electron chi connectivity index (χ3n) is 5.14. The zero-order valence-electron chi connectivity index (χ0n) is 16.4. The number of fused-ring (bicyclic) bond motifs is 2. The van der Waals surface area contributed by atoms with Crippen LogP contribution in [0, 0.1) is 0 Å². The van der Waals surface area contributed by atoms with Gasteiger partial charge in [-0.1, -0.05) is 29.3 Å². The zero-order valence-corrected chi connectivity index (χ0v) is 18.0. The molecule has 158 valence electrons. The Morgan fingerprint density at radius 1 is 0.969 bits per heavy atom. The van der Waals surface area contributed by atoms with E-state index in [1.54, 1.807) is 54.2 Å². The van der Waals surface area contributed by atoms with E-state index in [9.17, 15) is 14.4 Å². The van der Waals surface area contributed by atoms with Crippen LogP contribution in [0.2, 0.25) is 10.0 Å².